The molecule has 2 heterocycles. The van der Waals surface area contributed by atoms with Crippen molar-refractivity contribution in [2.24, 2.45) is 4.99 Å². The maximum Gasteiger partial charge on any atom is 0.331 e. The molecule has 0 saturated carbocycles. The van der Waals surface area contributed by atoms with Crippen LogP contribution < -0.4 is 0 Å². The number of carbonyl (C=O) groups is 1. The predicted octanol–water partition coefficient (Wildman–Crippen LogP) is 5.93. The van der Waals surface area contributed by atoms with Crippen molar-refractivity contribution in [2.75, 3.05) is 0 Å². The fourth-order valence-electron chi connectivity index (χ4n) is 3.65. The zero-order valence-corrected chi connectivity index (χ0v) is 20.3. The number of ether oxygens (including phenoxy) is 1. The van der Waals surface area contributed by atoms with E-state index in [9.17, 15) is 4.79 Å². The molecular formula is C30H29N3O2. The van der Waals surface area contributed by atoms with Gasteiger partial charge < -0.3 is 4.74 Å². The summed E-state index contributed by atoms with van der Waals surface area (Å²) in [5, 5.41) is 0. The van der Waals surface area contributed by atoms with Crippen molar-refractivity contribution < 1.29 is 9.53 Å². The van der Waals surface area contributed by atoms with E-state index >= 15 is 0 Å². The lowest BCUT2D eigenvalue weighted by Gasteiger charge is -2.23. The lowest BCUT2D eigenvalue weighted by atomic mass is 10.0. The summed E-state index contributed by atoms with van der Waals surface area (Å²) in [5.74, 6) is -0.365. The van der Waals surface area contributed by atoms with Crippen molar-refractivity contribution >= 4 is 11.7 Å². The molecule has 5 nitrogen and oxygen atoms in total. The van der Waals surface area contributed by atoms with E-state index in [-0.39, 0.29) is 5.97 Å². The van der Waals surface area contributed by atoms with E-state index in [1.165, 1.54) is 0 Å². The highest BCUT2D eigenvalue weighted by molar-refractivity contribution is 6.13. The Morgan fingerprint density at radius 1 is 0.800 bits per heavy atom. The van der Waals surface area contributed by atoms with Gasteiger partial charge in [0.05, 0.1) is 17.1 Å². The second-order valence-electron chi connectivity index (χ2n) is 9.23. The van der Waals surface area contributed by atoms with Crippen molar-refractivity contribution in [1.29, 1.82) is 0 Å². The van der Waals surface area contributed by atoms with Gasteiger partial charge in [0.2, 0.25) is 0 Å². The molecule has 0 aliphatic heterocycles. The average molecular weight is 464 g/mol. The summed E-state index contributed by atoms with van der Waals surface area (Å²) in [7, 11) is 0. The molecule has 0 N–H and O–H groups in total. The zero-order chi connectivity index (χ0) is 24.7. The SMILES string of the molecule is CC(C)(C)OC(=O)[C@H](Cc1ccc(-c2ccccn2)nc1)N=C(c1ccccc1)c1ccccc1. The van der Waals surface area contributed by atoms with Crippen molar-refractivity contribution in [3.63, 3.8) is 0 Å². The number of aliphatic imine (C=N–C) groups is 1. The Bertz CT molecular complexity index is 1220. The van der Waals surface area contributed by atoms with Gasteiger partial charge in [-0.05, 0) is 44.5 Å². The summed E-state index contributed by atoms with van der Waals surface area (Å²) in [6, 6.07) is 28.7. The summed E-state index contributed by atoms with van der Waals surface area (Å²) in [6.45, 7) is 5.60. The van der Waals surface area contributed by atoms with Gasteiger partial charge in [0.25, 0.3) is 0 Å². The Balaban J connectivity index is 1.70. The molecule has 5 heteroatoms. The Hall–Kier alpha value is -4.12. The van der Waals surface area contributed by atoms with Gasteiger partial charge in [-0.25, -0.2) is 4.79 Å². The van der Waals surface area contributed by atoms with Gasteiger partial charge in [0, 0.05) is 29.9 Å². The highest BCUT2D eigenvalue weighted by Gasteiger charge is 2.26. The number of pyridine rings is 2. The second kappa shape index (κ2) is 10.9. The van der Waals surface area contributed by atoms with Crippen molar-refractivity contribution in [3.05, 3.63) is 120 Å². The van der Waals surface area contributed by atoms with E-state index in [4.69, 9.17) is 9.73 Å². The molecule has 0 aliphatic carbocycles. The van der Waals surface area contributed by atoms with E-state index in [2.05, 4.69) is 9.97 Å². The highest BCUT2D eigenvalue weighted by Crippen LogP contribution is 2.19. The molecule has 4 aromatic rings. The molecule has 0 bridgehead atoms. The molecule has 176 valence electrons. The van der Waals surface area contributed by atoms with Crippen LogP contribution in [-0.2, 0) is 16.0 Å². The van der Waals surface area contributed by atoms with Gasteiger partial charge in [-0.3, -0.25) is 15.0 Å². The van der Waals surface area contributed by atoms with E-state index in [0.717, 1.165) is 33.8 Å². The maximum absolute atomic E-state index is 13.3. The molecule has 2 aromatic heterocycles. The first kappa shape index (κ1) is 24.0. The van der Waals surface area contributed by atoms with Crippen LogP contribution in [-0.4, -0.2) is 33.3 Å². The van der Waals surface area contributed by atoms with Gasteiger partial charge in [-0.1, -0.05) is 72.8 Å². The third-order valence-electron chi connectivity index (χ3n) is 5.24. The van der Waals surface area contributed by atoms with E-state index in [0.29, 0.717) is 6.42 Å². The lowest BCUT2D eigenvalue weighted by molar-refractivity contribution is -0.156. The van der Waals surface area contributed by atoms with E-state index in [1.807, 2.05) is 112 Å². The monoisotopic (exact) mass is 463 g/mol. The summed E-state index contributed by atoms with van der Waals surface area (Å²) in [4.78, 5) is 27.2. The topological polar surface area (TPSA) is 64.4 Å². The fourth-order valence-corrected chi connectivity index (χ4v) is 3.65. The summed E-state index contributed by atoms with van der Waals surface area (Å²) < 4.78 is 5.76. The minimum atomic E-state index is -0.730. The van der Waals surface area contributed by atoms with Crippen molar-refractivity contribution in [1.82, 2.24) is 9.97 Å². The highest BCUT2D eigenvalue weighted by atomic mass is 16.6. The molecule has 1 atom stereocenters. The van der Waals surface area contributed by atoms with Crippen LogP contribution in [0, 0.1) is 0 Å². The van der Waals surface area contributed by atoms with Crippen LogP contribution in [0.4, 0.5) is 0 Å². The van der Waals surface area contributed by atoms with Crippen LogP contribution in [0.2, 0.25) is 0 Å². The van der Waals surface area contributed by atoms with Crippen LogP contribution in [0.5, 0.6) is 0 Å². The molecule has 35 heavy (non-hydrogen) atoms. The average Bonchev–Trinajstić information content (AvgIpc) is 2.87. The number of carbonyl (C=O) groups excluding carboxylic acids is 1. The number of esters is 1. The smallest absolute Gasteiger partial charge is 0.331 e. The number of benzene rings is 2. The van der Waals surface area contributed by atoms with Gasteiger partial charge >= 0.3 is 5.97 Å². The molecule has 0 spiro atoms. The molecule has 0 radical (unpaired) electrons. The van der Waals surface area contributed by atoms with E-state index < -0.39 is 11.6 Å². The van der Waals surface area contributed by atoms with E-state index in [1.54, 1.807) is 12.4 Å². The summed E-state index contributed by atoms with van der Waals surface area (Å²) in [5.41, 5.74) is 4.49. The molecule has 0 saturated heterocycles. The minimum absolute atomic E-state index is 0.365. The molecular weight excluding hydrogens is 434 g/mol. The van der Waals surface area contributed by atoms with Crippen LogP contribution in [0.1, 0.15) is 37.5 Å². The van der Waals surface area contributed by atoms with Crippen molar-refractivity contribution in [3.8, 4) is 11.4 Å². The normalized spacial score (nSPS) is 12.0. The van der Waals surface area contributed by atoms with Gasteiger partial charge in [-0.2, -0.15) is 0 Å². The van der Waals surface area contributed by atoms with Crippen LogP contribution in [0.3, 0.4) is 0 Å². The van der Waals surface area contributed by atoms with Gasteiger partial charge in [0.1, 0.15) is 5.60 Å². The second-order valence-corrected chi connectivity index (χ2v) is 9.23. The molecule has 0 aliphatic rings. The number of aromatic nitrogens is 2. The molecule has 2 aromatic carbocycles. The quantitative estimate of drug-likeness (QED) is 0.252. The van der Waals surface area contributed by atoms with Crippen molar-refractivity contribution in [2.45, 2.75) is 38.8 Å². The minimum Gasteiger partial charge on any atom is -0.458 e. The summed E-state index contributed by atoms with van der Waals surface area (Å²) in [6.07, 6.45) is 3.89. The Labute approximate surface area is 206 Å². The Morgan fingerprint density at radius 3 is 1.91 bits per heavy atom. The summed E-state index contributed by atoms with van der Waals surface area (Å²) >= 11 is 0. The molecule has 4 rings (SSSR count). The number of rotatable bonds is 7. The Kier molecular flexibility index (Phi) is 7.46. The third kappa shape index (κ3) is 6.70. The zero-order valence-electron chi connectivity index (χ0n) is 20.3. The molecule has 0 amide bonds. The fraction of sp³-hybridized carbons (Fsp3) is 0.200. The first-order chi connectivity index (χ1) is 16.9. The standard InChI is InChI=1S/C30H29N3O2/c1-30(2,3)35-29(34)27(20-22-17-18-26(32-21-22)25-16-10-11-19-31-25)33-28(23-12-6-4-7-13-23)24-14-8-5-9-15-24/h4-19,21,27H,20H2,1-3H3/t27-/m0/s1. The number of hydrogen-bond acceptors (Lipinski definition) is 5. The van der Waals surface area contributed by atoms with Gasteiger partial charge in [0.15, 0.2) is 6.04 Å². The number of nitrogens with zero attached hydrogens (tertiary/aromatic N) is 3. The lowest BCUT2D eigenvalue weighted by Crippen LogP contribution is -2.33. The molecule has 0 fully saturated rings. The van der Waals surface area contributed by atoms with Crippen LogP contribution in [0.15, 0.2) is 108 Å². The van der Waals surface area contributed by atoms with Crippen LogP contribution in [0.25, 0.3) is 11.4 Å². The maximum atomic E-state index is 13.3. The predicted molar refractivity (Wildman–Crippen MR) is 139 cm³/mol. The first-order valence-corrected chi connectivity index (χ1v) is 11.7. The Morgan fingerprint density at radius 2 is 1.40 bits per heavy atom. The van der Waals surface area contributed by atoms with Gasteiger partial charge in [-0.15, -0.1) is 0 Å². The number of hydrogen-bond donors (Lipinski definition) is 0. The third-order valence-corrected chi connectivity index (χ3v) is 5.24. The largest absolute Gasteiger partial charge is 0.458 e. The van der Waals surface area contributed by atoms with Crippen LogP contribution >= 0.6 is 0 Å². The first-order valence-electron chi connectivity index (χ1n) is 11.7. The molecule has 0 unspecified atom stereocenters.